The van der Waals surface area contributed by atoms with Gasteiger partial charge in [0.2, 0.25) is 0 Å². The van der Waals surface area contributed by atoms with E-state index in [1.54, 1.807) is 27.7 Å². The number of hydrogen-bond acceptors (Lipinski definition) is 16. The molecule has 0 aliphatic carbocycles. The van der Waals surface area contributed by atoms with Crippen molar-refractivity contribution in [1.82, 2.24) is 15.1 Å². The highest BCUT2D eigenvalue weighted by Crippen LogP contribution is 2.42. The number of nitrogens with zero attached hydrogens (tertiary/aromatic N) is 2. The maximum absolute atomic E-state index is 14.7. The Morgan fingerprint density at radius 3 is 2.27 bits per heavy atom. The standard InChI is InChI=1S/C47H77N3O14/c1-15-34-47(10)39(63-44(54)64-47)30(6)50(13)25-26(2)22-45(8,55)38(61-42-36(51)33(49(11)12)21-27(3)57-42)28(4)37(29(5)41(52)59-34)60-35-23-46(9,56-14)40(31(7)58-35)62-43(53)48-24-32-19-17-16-18-20-32/h16-20,26-31,33-40,42,51,55H,15,21-25H2,1-14H3,(H,48,53)/t26-,27-,28+,29-,30-,31+,33+,34-,35+,36-,37+,38-,39-,40+,42+,45+,46-,47-/m1/s1. The Balaban J connectivity index is 1.52. The van der Waals surface area contributed by atoms with Crippen molar-refractivity contribution in [2.75, 3.05) is 34.8 Å². The molecule has 4 saturated heterocycles. The minimum atomic E-state index is -1.59. The Morgan fingerprint density at radius 2 is 1.64 bits per heavy atom. The molecule has 0 radical (unpaired) electrons. The van der Waals surface area contributed by atoms with Gasteiger partial charge in [-0.1, -0.05) is 51.1 Å². The molecule has 5 rings (SSSR count). The van der Waals surface area contributed by atoms with Crippen molar-refractivity contribution in [3.8, 4) is 0 Å². The second-order valence-corrected chi connectivity index (χ2v) is 19.8. The van der Waals surface area contributed by atoms with Gasteiger partial charge in [0, 0.05) is 44.6 Å². The Hall–Kier alpha value is -3.13. The zero-order valence-electron chi connectivity index (χ0n) is 40.5. The quantitative estimate of drug-likeness (QED) is 0.209. The summed E-state index contributed by atoms with van der Waals surface area (Å²) in [6.45, 7) is 19.0. The normalized spacial score (nSPS) is 42.9. The Labute approximate surface area is 380 Å². The van der Waals surface area contributed by atoms with Crippen LogP contribution in [0.1, 0.15) is 100 Å². The van der Waals surface area contributed by atoms with E-state index in [1.807, 2.05) is 103 Å². The Kier molecular flexibility index (Phi) is 17.2. The number of amides is 1. The minimum absolute atomic E-state index is 0.0791. The van der Waals surface area contributed by atoms with Gasteiger partial charge in [0.15, 0.2) is 30.4 Å². The van der Waals surface area contributed by atoms with Crippen LogP contribution in [-0.2, 0) is 54.0 Å². The van der Waals surface area contributed by atoms with Crippen molar-refractivity contribution in [2.24, 2.45) is 17.8 Å². The third-order valence-corrected chi connectivity index (χ3v) is 14.1. The van der Waals surface area contributed by atoms with E-state index in [2.05, 4.69) is 5.32 Å². The van der Waals surface area contributed by atoms with Gasteiger partial charge >= 0.3 is 18.2 Å². The summed E-state index contributed by atoms with van der Waals surface area (Å²) in [5, 5.41) is 27.3. The van der Waals surface area contributed by atoms with Crippen molar-refractivity contribution in [3.63, 3.8) is 0 Å². The van der Waals surface area contributed by atoms with Gasteiger partial charge in [-0.3, -0.25) is 9.69 Å². The first-order chi connectivity index (χ1) is 29.9. The van der Waals surface area contributed by atoms with E-state index in [0.29, 0.717) is 19.4 Å². The lowest BCUT2D eigenvalue weighted by Gasteiger charge is -2.49. The molecule has 4 fully saturated rings. The van der Waals surface area contributed by atoms with Crippen LogP contribution in [0.5, 0.6) is 0 Å². The molecule has 1 aromatic carbocycles. The molecule has 0 unspecified atom stereocenters. The average Bonchev–Trinajstić information content (AvgIpc) is 3.54. The van der Waals surface area contributed by atoms with Crippen molar-refractivity contribution >= 4 is 18.2 Å². The number of methoxy groups -OCH3 is 1. The molecule has 4 aliphatic rings. The highest BCUT2D eigenvalue weighted by molar-refractivity contribution is 5.73. The van der Waals surface area contributed by atoms with Gasteiger partial charge in [-0.15, -0.1) is 0 Å². The van der Waals surface area contributed by atoms with Crippen molar-refractivity contribution in [2.45, 2.75) is 192 Å². The molecule has 1 amide bonds. The number of likely N-dealkylation sites (N-methyl/N-ethyl adjacent to an activating group) is 2. The minimum Gasteiger partial charge on any atom is -0.458 e. The van der Waals surface area contributed by atoms with Gasteiger partial charge in [-0.2, -0.15) is 0 Å². The summed E-state index contributed by atoms with van der Waals surface area (Å²) in [7, 11) is 7.21. The number of aliphatic hydroxyl groups excluding tert-OH is 1. The number of nitrogens with one attached hydrogen (secondary N) is 1. The summed E-state index contributed by atoms with van der Waals surface area (Å²) < 4.78 is 56.6. The summed E-state index contributed by atoms with van der Waals surface area (Å²) in [5.41, 5.74) is -3.14. The van der Waals surface area contributed by atoms with Gasteiger partial charge in [0.1, 0.15) is 17.8 Å². The summed E-state index contributed by atoms with van der Waals surface area (Å²) in [6.07, 6.45) is -9.28. The maximum Gasteiger partial charge on any atom is 0.509 e. The molecular weight excluding hydrogens is 831 g/mol. The Bertz CT molecular complexity index is 1710. The SMILES string of the molecule is CC[C@H]1OC(=O)[C@H](C)[C@@H](O[C@H]2C[C@@](C)(OC)[C@@H](OC(=O)NCc3ccccc3)[C@H](C)O2)[C@H](C)[C@@H](O[C@@H]2O[C@H](C)C[C@H](N(C)C)[C@H]2O)[C@@](C)(O)C[C@@H](C)CN(C)[C@H](C)[C@H]2OC(=O)O[C@@]21C. The number of cyclic esters (lactones) is 1. The summed E-state index contributed by atoms with van der Waals surface area (Å²) >= 11 is 0. The average molecular weight is 908 g/mol. The number of carbonyl (C=O) groups excluding carboxylic acids is 3. The van der Waals surface area contributed by atoms with Crippen molar-refractivity contribution in [3.05, 3.63) is 35.9 Å². The third kappa shape index (κ3) is 11.7. The largest absolute Gasteiger partial charge is 0.509 e. The lowest BCUT2D eigenvalue weighted by Crippen LogP contribution is -2.61. The highest BCUT2D eigenvalue weighted by Gasteiger charge is 2.58. The van der Waals surface area contributed by atoms with Crippen LogP contribution in [0.4, 0.5) is 9.59 Å². The predicted molar refractivity (Wildman–Crippen MR) is 235 cm³/mol. The highest BCUT2D eigenvalue weighted by atomic mass is 16.8. The lowest BCUT2D eigenvalue weighted by molar-refractivity contribution is -0.317. The number of benzene rings is 1. The third-order valence-electron chi connectivity index (χ3n) is 14.1. The fraction of sp³-hybridized carbons (Fsp3) is 0.809. The van der Waals surface area contributed by atoms with Crippen LogP contribution in [0.15, 0.2) is 30.3 Å². The number of aliphatic hydroxyl groups is 2. The number of fused-ring (bicyclic) bond motifs is 1. The maximum atomic E-state index is 14.7. The number of esters is 1. The molecule has 1 aromatic rings. The zero-order chi connectivity index (χ0) is 47.5. The summed E-state index contributed by atoms with van der Waals surface area (Å²) in [5.74, 6) is -2.63. The smallest absolute Gasteiger partial charge is 0.458 e. The zero-order valence-corrected chi connectivity index (χ0v) is 40.5. The molecule has 64 heavy (non-hydrogen) atoms. The summed E-state index contributed by atoms with van der Waals surface area (Å²) in [4.78, 5) is 44.7. The first-order valence-electron chi connectivity index (χ1n) is 23.0. The van der Waals surface area contributed by atoms with Crippen LogP contribution in [0.3, 0.4) is 0 Å². The lowest BCUT2D eigenvalue weighted by atomic mass is 9.77. The Morgan fingerprint density at radius 1 is 0.969 bits per heavy atom. The monoisotopic (exact) mass is 908 g/mol. The molecule has 0 spiro atoms. The molecule has 0 aromatic heterocycles. The van der Waals surface area contributed by atoms with E-state index < -0.39 is 102 Å². The van der Waals surface area contributed by atoms with Crippen LogP contribution in [-0.4, -0.2) is 163 Å². The van der Waals surface area contributed by atoms with Crippen LogP contribution in [0.2, 0.25) is 0 Å². The molecule has 0 saturated carbocycles. The molecule has 4 aliphatic heterocycles. The number of ether oxygens (including phenoxy) is 9. The molecule has 17 nitrogen and oxygen atoms in total. The van der Waals surface area contributed by atoms with Crippen LogP contribution in [0.25, 0.3) is 0 Å². The molecule has 4 heterocycles. The second-order valence-electron chi connectivity index (χ2n) is 19.8. The predicted octanol–water partition coefficient (Wildman–Crippen LogP) is 5.02. The summed E-state index contributed by atoms with van der Waals surface area (Å²) in [6, 6.07) is 8.79. The van der Waals surface area contributed by atoms with E-state index >= 15 is 0 Å². The van der Waals surface area contributed by atoms with Gasteiger partial charge in [-0.05, 0) is 100 Å². The number of alkyl carbamates (subject to hydrolysis) is 1. The molecular formula is C47H77N3O14. The fourth-order valence-electron chi connectivity index (χ4n) is 10.5. The van der Waals surface area contributed by atoms with E-state index in [9.17, 15) is 24.6 Å². The first kappa shape index (κ1) is 51.8. The molecule has 0 bridgehead atoms. The van der Waals surface area contributed by atoms with E-state index in [1.165, 1.54) is 7.11 Å². The topological polar surface area (TPSA) is 193 Å². The van der Waals surface area contributed by atoms with Crippen LogP contribution < -0.4 is 5.32 Å². The van der Waals surface area contributed by atoms with Crippen molar-refractivity contribution < 1.29 is 67.2 Å². The van der Waals surface area contributed by atoms with Gasteiger partial charge in [0.05, 0.1) is 35.9 Å². The van der Waals surface area contributed by atoms with Crippen LogP contribution in [0, 0.1) is 17.8 Å². The molecule has 3 N–H and O–H groups in total. The van der Waals surface area contributed by atoms with Crippen molar-refractivity contribution in [1.29, 1.82) is 0 Å². The number of hydrogen-bond donors (Lipinski definition) is 3. The molecule has 18 atom stereocenters. The number of carbonyl (C=O) groups is 3. The molecule has 364 valence electrons. The van der Waals surface area contributed by atoms with Gasteiger partial charge in [-0.25, -0.2) is 9.59 Å². The van der Waals surface area contributed by atoms with E-state index in [0.717, 1.165) is 5.56 Å². The van der Waals surface area contributed by atoms with Gasteiger partial charge in [0.25, 0.3) is 0 Å². The fourth-order valence-corrected chi connectivity index (χ4v) is 10.5. The van der Waals surface area contributed by atoms with E-state index in [4.69, 9.17) is 42.6 Å². The first-order valence-corrected chi connectivity index (χ1v) is 23.0. The number of rotatable bonds is 10. The van der Waals surface area contributed by atoms with Crippen LogP contribution >= 0.6 is 0 Å². The van der Waals surface area contributed by atoms with Gasteiger partial charge < -0.3 is 63.1 Å². The second kappa shape index (κ2) is 21.2. The molecule has 17 heteroatoms. The van der Waals surface area contributed by atoms with E-state index in [-0.39, 0.29) is 43.5 Å².